The predicted octanol–water partition coefficient (Wildman–Crippen LogP) is 5.36. The van der Waals surface area contributed by atoms with E-state index in [1.54, 1.807) is 18.3 Å². The summed E-state index contributed by atoms with van der Waals surface area (Å²) < 4.78 is 0.891. The molecule has 0 aliphatic heterocycles. The third kappa shape index (κ3) is 2.83. The lowest BCUT2D eigenvalue weighted by atomic mass is 9.98. The van der Waals surface area contributed by atoms with Gasteiger partial charge in [0, 0.05) is 21.6 Å². The number of hydrogen-bond donors (Lipinski definition) is 2. The molecule has 122 valence electrons. The molecular weight excluding hydrogens is 380 g/mol. The molecular formula is C20H13BrN2O2. The van der Waals surface area contributed by atoms with Crippen LogP contribution in [0.5, 0.6) is 0 Å². The van der Waals surface area contributed by atoms with Crippen LogP contribution in [-0.2, 0) is 0 Å². The van der Waals surface area contributed by atoms with Crippen LogP contribution in [0.2, 0.25) is 0 Å². The average Bonchev–Trinajstić information content (AvgIpc) is 3.01. The summed E-state index contributed by atoms with van der Waals surface area (Å²) in [7, 11) is 0. The molecule has 0 radical (unpaired) electrons. The highest BCUT2D eigenvalue weighted by Crippen LogP contribution is 2.38. The van der Waals surface area contributed by atoms with Crippen LogP contribution < -0.4 is 0 Å². The lowest BCUT2D eigenvalue weighted by Gasteiger charge is -2.06. The SMILES string of the molecule is O=C(O)c1ccc(-c2c(-c3ccccc3)[nH]c3ncc(Br)cc23)cc1. The molecule has 4 aromatic rings. The molecule has 0 spiro atoms. The number of aromatic carboxylic acids is 1. The van der Waals surface area contributed by atoms with Crippen LogP contribution >= 0.6 is 15.9 Å². The zero-order chi connectivity index (χ0) is 17.4. The third-order valence-electron chi connectivity index (χ3n) is 4.10. The minimum Gasteiger partial charge on any atom is -0.478 e. The van der Waals surface area contributed by atoms with Gasteiger partial charge in [0.1, 0.15) is 5.65 Å². The standard InChI is InChI=1S/C20H13BrN2O2/c21-15-10-16-17(12-6-8-14(9-7-12)20(24)25)18(23-19(16)22-11-15)13-4-2-1-3-5-13/h1-11H,(H,22,23)(H,24,25). The number of aromatic amines is 1. The highest BCUT2D eigenvalue weighted by molar-refractivity contribution is 9.10. The molecule has 0 saturated heterocycles. The Morgan fingerprint density at radius 1 is 1.00 bits per heavy atom. The number of halogens is 1. The summed E-state index contributed by atoms with van der Waals surface area (Å²) in [4.78, 5) is 19.0. The summed E-state index contributed by atoms with van der Waals surface area (Å²) in [5.74, 6) is -0.932. The Bertz CT molecular complexity index is 1070. The second kappa shape index (κ2) is 6.18. The number of carbonyl (C=O) groups is 1. The van der Waals surface area contributed by atoms with E-state index in [-0.39, 0.29) is 5.56 Å². The molecule has 0 aliphatic carbocycles. The topological polar surface area (TPSA) is 66.0 Å². The number of H-pyrrole nitrogens is 1. The number of hydrogen-bond acceptors (Lipinski definition) is 2. The van der Waals surface area contributed by atoms with Gasteiger partial charge in [0.2, 0.25) is 0 Å². The number of pyridine rings is 1. The molecule has 0 bridgehead atoms. The Labute approximate surface area is 152 Å². The van der Waals surface area contributed by atoms with E-state index in [0.717, 1.165) is 37.9 Å². The lowest BCUT2D eigenvalue weighted by Crippen LogP contribution is -1.95. The smallest absolute Gasteiger partial charge is 0.335 e. The van der Waals surface area contributed by atoms with Crippen molar-refractivity contribution in [3.05, 3.63) is 76.9 Å². The largest absolute Gasteiger partial charge is 0.478 e. The third-order valence-corrected chi connectivity index (χ3v) is 4.53. The molecule has 4 rings (SSSR count). The van der Waals surface area contributed by atoms with E-state index < -0.39 is 5.97 Å². The number of nitrogens with one attached hydrogen (secondary N) is 1. The van der Waals surface area contributed by atoms with E-state index >= 15 is 0 Å². The molecule has 4 nitrogen and oxygen atoms in total. The van der Waals surface area contributed by atoms with Crippen molar-refractivity contribution in [3.63, 3.8) is 0 Å². The molecule has 2 heterocycles. The summed E-state index contributed by atoms with van der Waals surface area (Å²) in [5.41, 5.74) is 5.02. The van der Waals surface area contributed by atoms with Gasteiger partial charge in [0.05, 0.1) is 11.3 Å². The molecule has 0 saturated carbocycles. The van der Waals surface area contributed by atoms with E-state index in [4.69, 9.17) is 5.11 Å². The predicted molar refractivity (Wildman–Crippen MR) is 102 cm³/mol. The van der Waals surface area contributed by atoms with E-state index in [9.17, 15) is 4.79 Å². The van der Waals surface area contributed by atoms with Gasteiger partial charge in [-0.15, -0.1) is 0 Å². The Morgan fingerprint density at radius 3 is 2.40 bits per heavy atom. The second-order valence-corrected chi connectivity index (χ2v) is 6.59. The maximum Gasteiger partial charge on any atom is 0.335 e. The zero-order valence-corrected chi connectivity index (χ0v) is 14.6. The van der Waals surface area contributed by atoms with Gasteiger partial charge in [-0.2, -0.15) is 0 Å². The van der Waals surface area contributed by atoms with E-state index in [2.05, 4.69) is 25.9 Å². The fraction of sp³-hybridized carbons (Fsp3) is 0. The van der Waals surface area contributed by atoms with Gasteiger partial charge < -0.3 is 10.1 Å². The second-order valence-electron chi connectivity index (χ2n) is 5.67. The summed E-state index contributed by atoms with van der Waals surface area (Å²) >= 11 is 3.48. The normalized spacial score (nSPS) is 10.9. The molecule has 2 aromatic heterocycles. The van der Waals surface area contributed by atoms with Crippen LogP contribution in [0.4, 0.5) is 0 Å². The number of carboxylic acid groups (broad SMARTS) is 1. The first-order chi connectivity index (χ1) is 12.1. The summed E-state index contributed by atoms with van der Waals surface area (Å²) in [6.45, 7) is 0. The van der Waals surface area contributed by atoms with Crippen LogP contribution in [0, 0.1) is 0 Å². The molecule has 25 heavy (non-hydrogen) atoms. The van der Waals surface area contributed by atoms with Crippen LogP contribution in [0.15, 0.2) is 71.3 Å². The molecule has 2 aromatic carbocycles. The minimum atomic E-state index is -0.932. The van der Waals surface area contributed by atoms with E-state index in [0.29, 0.717) is 0 Å². The molecule has 0 amide bonds. The maximum absolute atomic E-state index is 11.1. The first-order valence-electron chi connectivity index (χ1n) is 7.70. The fourth-order valence-electron chi connectivity index (χ4n) is 2.95. The van der Waals surface area contributed by atoms with Crippen molar-refractivity contribution in [1.82, 2.24) is 9.97 Å². The van der Waals surface area contributed by atoms with Crippen LogP contribution in [0.3, 0.4) is 0 Å². The molecule has 0 atom stereocenters. The Kier molecular flexibility index (Phi) is 3.86. The number of aromatic nitrogens is 2. The molecule has 0 aliphatic rings. The number of benzene rings is 2. The lowest BCUT2D eigenvalue weighted by molar-refractivity contribution is 0.0697. The van der Waals surface area contributed by atoms with Crippen LogP contribution in [0.1, 0.15) is 10.4 Å². The summed E-state index contributed by atoms with van der Waals surface area (Å²) in [6.07, 6.45) is 1.75. The van der Waals surface area contributed by atoms with Gasteiger partial charge >= 0.3 is 5.97 Å². The van der Waals surface area contributed by atoms with Crippen molar-refractivity contribution < 1.29 is 9.90 Å². The first-order valence-corrected chi connectivity index (χ1v) is 8.49. The average molecular weight is 393 g/mol. The Balaban J connectivity index is 2.00. The Morgan fingerprint density at radius 2 is 1.72 bits per heavy atom. The summed E-state index contributed by atoms with van der Waals surface area (Å²) in [6, 6.07) is 19.0. The van der Waals surface area contributed by atoms with Gasteiger partial charge in [0.25, 0.3) is 0 Å². The number of rotatable bonds is 3. The fourth-order valence-corrected chi connectivity index (χ4v) is 3.28. The van der Waals surface area contributed by atoms with Crippen molar-refractivity contribution >= 4 is 32.9 Å². The van der Waals surface area contributed by atoms with Crippen molar-refractivity contribution in [2.24, 2.45) is 0 Å². The molecule has 0 unspecified atom stereocenters. The van der Waals surface area contributed by atoms with Crippen molar-refractivity contribution in [2.45, 2.75) is 0 Å². The highest BCUT2D eigenvalue weighted by atomic mass is 79.9. The zero-order valence-electron chi connectivity index (χ0n) is 13.0. The van der Waals surface area contributed by atoms with Gasteiger partial charge in [-0.1, -0.05) is 42.5 Å². The molecule has 5 heteroatoms. The Hall–Kier alpha value is -2.92. The van der Waals surface area contributed by atoms with Gasteiger partial charge in [-0.25, -0.2) is 9.78 Å². The van der Waals surface area contributed by atoms with Gasteiger partial charge in [-0.3, -0.25) is 0 Å². The quantitative estimate of drug-likeness (QED) is 0.493. The number of carboxylic acids is 1. The van der Waals surface area contributed by atoms with Crippen molar-refractivity contribution in [3.8, 4) is 22.4 Å². The monoisotopic (exact) mass is 392 g/mol. The first kappa shape index (κ1) is 15.6. The van der Waals surface area contributed by atoms with Crippen molar-refractivity contribution in [1.29, 1.82) is 0 Å². The molecule has 2 N–H and O–H groups in total. The highest BCUT2D eigenvalue weighted by Gasteiger charge is 2.16. The van der Waals surface area contributed by atoms with Crippen molar-refractivity contribution in [2.75, 3.05) is 0 Å². The number of nitrogens with zero attached hydrogens (tertiary/aromatic N) is 1. The van der Waals surface area contributed by atoms with Gasteiger partial charge in [0.15, 0.2) is 0 Å². The van der Waals surface area contributed by atoms with Crippen LogP contribution in [0.25, 0.3) is 33.4 Å². The van der Waals surface area contributed by atoms with E-state index in [1.165, 1.54) is 0 Å². The molecule has 0 fully saturated rings. The van der Waals surface area contributed by atoms with Gasteiger partial charge in [-0.05, 0) is 45.3 Å². The minimum absolute atomic E-state index is 0.268. The summed E-state index contributed by atoms with van der Waals surface area (Å²) in [5, 5.41) is 10.1. The number of fused-ring (bicyclic) bond motifs is 1. The van der Waals surface area contributed by atoms with Crippen LogP contribution in [-0.4, -0.2) is 21.0 Å². The maximum atomic E-state index is 11.1. The van der Waals surface area contributed by atoms with E-state index in [1.807, 2.05) is 48.5 Å².